The second-order valence-corrected chi connectivity index (χ2v) is 11.6. The van der Waals surface area contributed by atoms with Crippen molar-refractivity contribution in [3.8, 4) is 11.6 Å². The summed E-state index contributed by atoms with van der Waals surface area (Å²) >= 11 is 1.74. The first-order valence-corrected chi connectivity index (χ1v) is 13.8. The summed E-state index contributed by atoms with van der Waals surface area (Å²) in [5.74, 6) is 2.43. The molecule has 0 N–H and O–H groups in total. The van der Waals surface area contributed by atoms with Gasteiger partial charge in [-0.3, -0.25) is 4.31 Å². The van der Waals surface area contributed by atoms with Crippen LogP contribution in [0.15, 0.2) is 59.5 Å². The molecular weight excluding hydrogens is 466 g/mol. The first-order valence-electron chi connectivity index (χ1n) is 11.5. The minimum Gasteiger partial charge on any atom is -0.438 e. The van der Waals surface area contributed by atoms with E-state index in [9.17, 15) is 8.42 Å². The maximum Gasteiger partial charge on any atom is 0.264 e. The molecule has 2 aromatic heterocycles. The van der Waals surface area contributed by atoms with Gasteiger partial charge in [0.15, 0.2) is 0 Å². The fourth-order valence-corrected chi connectivity index (χ4v) is 7.38. The van der Waals surface area contributed by atoms with E-state index in [1.54, 1.807) is 47.7 Å². The molecule has 34 heavy (non-hydrogen) atoms. The summed E-state index contributed by atoms with van der Waals surface area (Å²) in [5, 5.41) is 0.996. The Morgan fingerprint density at radius 1 is 1.09 bits per heavy atom. The molecule has 1 atom stereocenters. The van der Waals surface area contributed by atoms with Crippen LogP contribution in [0, 0.1) is 12.8 Å². The van der Waals surface area contributed by atoms with Gasteiger partial charge in [-0.15, -0.1) is 11.3 Å². The van der Waals surface area contributed by atoms with Crippen LogP contribution in [0.3, 0.4) is 0 Å². The fourth-order valence-electron chi connectivity index (χ4n) is 4.49. The lowest BCUT2D eigenvalue weighted by Gasteiger charge is -2.23. The molecule has 6 nitrogen and oxygen atoms in total. The van der Waals surface area contributed by atoms with E-state index in [1.807, 2.05) is 32.0 Å². The molecule has 0 spiro atoms. The van der Waals surface area contributed by atoms with Gasteiger partial charge < -0.3 is 4.74 Å². The topological polar surface area (TPSA) is 72.4 Å². The minimum absolute atomic E-state index is 0.219. The molecule has 0 radical (unpaired) electrons. The van der Waals surface area contributed by atoms with E-state index in [-0.39, 0.29) is 4.90 Å². The normalized spacial score (nSPS) is 15.8. The van der Waals surface area contributed by atoms with E-state index < -0.39 is 10.0 Å². The number of thiophene rings is 1. The molecule has 0 bridgehead atoms. The van der Waals surface area contributed by atoms with E-state index in [2.05, 4.69) is 16.9 Å². The predicted molar refractivity (Wildman–Crippen MR) is 137 cm³/mol. The number of ether oxygens (including phenoxy) is 1. The number of aryl methyl sites for hydroxylation is 2. The molecule has 176 valence electrons. The summed E-state index contributed by atoms with van der Waals surface area (Å²) in [6.07, 6.45) is 3.22. The summed E-state index contributed by atoms with van der Waals surface area (Å²) in [6.45, 7) is 6.32. The molecule has 0 saturated heterocycles. The molecule has 1 unspecified atom stereocenters. The van der Waals surface area contributed by atoms with Crippen LogP contribution in [0.25, 0.3) is 10.2 Å². The Hall–Kier alpha value is -2.97. The third kappa shape index (κ3) is 4.16. The molecule has 8 heteroatoms. The first kappa shape index (κ1) is 22.8. The maximum absolute atomic E-state index is 13.3. The van der Waals surface area contributed by atoms with Crippen LogP contribution in [-0.4, -0.2) is 24.9 Å². The number of hydrogen-bond acceptors (Lipinski definition) is 6. The van der Waals surface area contributed by atoms with Gasteiger partial charge in [-0.05, 0) is 81.0 Å². The predicted octanol–water partition coefficient (Wildman–Crippen LogP) is 6.13. The van der Waals surface area contributed by atoms with Gasteiger partial charge in [-0.2, -0.15) is 4.98 Å². The van der Waals surface area contributed by atoms with Crippen LogP contribution >= 0.6 is 11.3 Å². The number of para-hydroxylation sites is 1. The van der Waals surface area contributed by atoms with Gasteiger partial charge >= 0.3 is 0 Å². The van der Waals surface area contributed by atoms with Gasteiger partial charge in [0.2, 0.25) is 5.88 Å². The second-order valence-electron chi connectivity index (χ2n) is 8.69. The summed E-state index contributed by atoms with van der Waals surface area (Å²) in [6, 6.07) is 15.7. The lowest BCUT2D eigenvalue weighted by molar-refractivity contribution is 0.464. The zero-order chi connectivity index (χ0) is 23.9. The summed E-state index contributed by atoms with van der Waals surface area (Å²) in [5.41, 5.74) is 1.94. The van der Waals surface area contributed by atoms with E-state index in [0.29, 0.717) is 35.6 Å². The molecule has 5 rings (SSSR count). The van der Waals surface area contributed by atoms with Gasteiger partial charge in [0.05, 0.1) is 16.0 Å². The summed E-state index contributed by atoms with van der Waals surface area (Å²) < 4.78 is 34.2. The monoisotopic (exact) mass is 493 g/mol. The standard InChI is InChI=1S/C26H27N3O3S2/c1-4-29(19-8-6-5-7-9-19)34(30,31)21-13-11-20(12-14-21)32-25-24-22-15-10-17(2)16-23(22)33-26(24)28-18(3)27-25/h5-9,11-14,17H,4,10,15-16H2,1-3H3. The molecule has 1 aliphatic rings. The number of rotatable bonds is 6. The molecule has 2 aromatic carbocycles. The zero-order valence-corrected chi connectivity index (χ0v) is 21.1. The SMILES string of the molecule is CCN(c1ccccc1)S(=O)(=O)c1ccc(Oc2nc(C)nc3sc4c(c23)CCC(C)C4)cc1. The highest BCUT2D eigenvalue weighted by molar-refractivity contribution is 7.92. The molecule has 4 aromatic rings. The van der Waals surface area contributed by atoms with Crippen molar-refractivity contribution in [2.45, 2.75) is 44.9 Å². The Morgan fingerprint density at radius 3 is 2.53 bits per heavy atom. The summed E-state index contributed by atoms with van der Waals surface area (Å²) in [4.78, 5) is 11.8. The third-order valence-electron chi connectivity index (χ3n) is 6.19. The van der Waals surface area contributed by atoms with Gasteiger partial charge in [-0.1, -0.05) is 25.1 Å². The average molecular weight is 494 g/mol. The first-order chi connectivity index (χ1) is 16.4. The van der Waals surface area contributed by atoms with Crippen LogP contribution in [0.2, 0.25) is 0 Å². The van der Waals surface area contributed by atoms with E-state index in [4.69, 9.17) is 4.74 Å². The fraction of sp³-hybridized carbons (Fsp3) is 0.308. The highest BCUT2D eigenvalue weighted by Crippen LogP contribution is 2.42. The molecule has 0 fully saturated rings. The van der Waals surface area contributed by atoms with Gasteiger partial charge in [0.25, 0.3) is 10.0 Å². The number of sulfonamides is 1. The molecule has 2 heterocycles. The lowest BCUT2D eigenvalue weighted by atomic mass is 9.89. The van der Waals surface area contributed by atoms with Crippen molar-refractivity contribution >= 4 is 37.3 Å². The Morgan fingerprint density at radius 2 is 1.82 bits per heavy atom. The number of fused-ring (bicyclic) bond motifs is 3. The van der Waals surface area contributed by atoms with Crippen LogP contribution < -0.4 is 9.04 Å². The number of aromatic nitrogens is 2. The van der Waals surface area contributed by atoms with Crippen LogP contribution in [0.1, 0.15) is 36.5 Å². The van der Waals surface area contributed by atoms with Crippen LogP contribution in [0.5, 0.6) is 11.6 Å². The third-order valence-corrected chi connectivity index (χ3v) is 9.26. The molecule has 1 aliphatic carbocycles. The second kappa shape index (κ2) is 9.00. The van der Waals surface area contributed by atoms with Crippen LogP contribution in [-0.2, 0) is 22.9 Å². The Balaban J connectivity index is 1.46. The van der Waals surface area contributed by atoms with Crippen molar-refractivity contribution < 1.29 is 13.2 Å². The van der Waals surface area contributed by atoms with Crippen LogP contribution in [0.4, 0.5) is 5.69 Å². The van der Waals surface area contributed by atoms with Crippen molar-refractivity contribution in [3.63, 3.8) is 0 Å². The smallest absolute Gasteiger partial charge is 0.264 e. The van der Waals surface area contributed by atoms with Crippen molar-refractivity contribution in [1.82, 2.24) is 9.97 Å². The lowest BCUT2D eigenvalue weighted by Crippen LogP contribution is -2.30. The number of benzene rings is 2. The number of hydrogen-bond donors (Lipinski definition) is 0. The average Bonchev–Trinajstić information content (AvgIpc) is 3.17. The number of anilines is 1. The van der Waals surface area contributed by atoms with Gasteiger partial charge in [0.1, 0.15) is 16.4 Å². The van der Waals surface area contributed by atoms with Crippen molar-refractivity contribution in [3.05, 3.63) is 70.9 Å². The van der Waals surface area contributed by atoms with E-state index in [1.165, 1.54) is 14.7 Å². The Kier molecular flexibility index (Phi) is 6.04. The highest BCUT2D eigenvalue weighted by Gasteiger charge is 2.26. The van der Waals surface area contributed by atoms with E-state index >= 15 is 0 Å². The molecule has 0 aliphatic heterocycles. The minimum atomic E-state index is -3.69. The highest BCUT2D eigenvalue weighted by atomic mass is 32.2. The Bertz CT molecular complexity index is 1430. The largest absolute Gasteiger partial charge is 0.438 e. The van der Waals surface area contributed by atoms with Crippen molar-refractivity contribution in [2.75, 3.05) is 10.8 Å². The van der Waals surface area contributed by atoms with Crippen molar-refractivity contribution in [2.24, 2.45) is 5.92 Å². The summed E-state index contributed by atoms with van der Waals surface area (Å²) in [7, 11) is -3.69. The van der Waals surface area contributed by atoms with Crippen molar-refractivity contribution in [1.29, 1.82) is 0 Å². The number of nitrogens with zero attached hydrogens (tertiary/aromatic N) is 3. The molecule has 0 saturated carbocycles. The maximum atomic E-state index is 13.3. The molecule has 0 amide bonds. The quantitative estimate of drug-likeness (QED) is 0.323. The zero-order valence-electron chi connectivity index (χ0n) is 19.5. The van der Waals surface area contributed by atoms with Gasteiger partial charge in [-0.25, -0.2) is 13.4 Å². The Labute approximate surface area is 204 Å². The van der Waals surface area contributed by atoms with E-state index in [0.717, 1.165) is 29.5 Å². The van der Waals surface area contributed by atoms with Gasteiger partial charge in [0, 0.05) is 11.4 Å². The molecular formula is C26H27N3O3S2.